The van der Waals surface area contributed by atoms with E-state index < -0.39 is 0 Å². The van der Waals surface area contributed by atoms with E-state index >= 15 is 0 Å². The Morgan fingerprint density at radius 2 is 0.753 bits per heavy atom. The van der Waals surface area contributed by atoms with E-state index in [1.165, 1.54) is 231 Å². The first kappa shape index (κ1) is 75.0. The lowest BCUT2D eigenvalue weighted by atomic mass is 9.64. The molecule has 4 unspecified atom stereocenters. The van der Waals surface area contributed by atoms with Crippen LogP contribution in [0.4, 0.5) is 0 Å². The van der Waals surface area contributed by atoms with Crippen LogP contribution in [0.25, 0.3) is 0 Å². The Morgan fingerprint density at radius 1 is 0.377 bits per heavy atom. The van der Waals surface area contributed by atoms with Crippen molar-refractivity contribution in [3.05, 3.63) is 0 Å². The molecule has 11 saturated carbocycles. The molecule has 0 amide bonds. The van der Waals surface area contributed by atoms with Gasteiger partial charge in [0.25, 0.3) is 0 Å². The van der Waals surface area contributed by atoms with Gasteiger partial charge in [0.1, 0.15) is 0 Å². The van der Waals surface area contributed by atoms with Crippen molar-refractivity contribution in [2.75, 3.05) is 0 Å². The van der Waals surface area contributed by atoms with Gasteiger partial charge in [0.2, 0.25) is 0 Å². The highest BCUT2D eigenvalue weighted by molar-refractivity contribution is 4.87. The molecule has 0 aliphatic heterocycles. The average molecular weight is 1080 g/mol. The minimum Gasteiger partial charge on any atom is -0.0654 e. The Bertz CT molecular complexity index is 1250. The van der Waals surface area contributed by atoms with Crippen LogP contribution >= 0.6 is 0 Å². The predicted molar refractivity (Wildman–Crippen MR) is 354 cm³/mol. The minimum atomic E-state index is 0.681. The lowest BCUT2D eigenvalue weighted by Crippen LogP contribution is -2.31. The van der Waals surface area contributed by atoms with Crippen molar-refractivity contribution in [1.29, 1.82) is 0 Å². The summed E-state index contributed by atoms with van der Waals surface area (Å²) >= 11 is 0. The Kier molecular flexibility index (Phi) is 37.8. The second-order valence-corrected chi connectivity index (χ2v) is 32.9. The molecule has 11 aliphatic carbocycles. The molecule has 0 heterocycles. The Morgan fingerprint density at radius 3 is 0.805 bits per heavy atom. The zero-order chi connectivity index (χ0) is 58.5. The second kappa shape index (κ2) is 38.8. The summed E-state index contributed by atoms with van der Waals surface area (Å²) in [6.45, 7) is 53.6. The largest absolute Gasteiger partial charge is 0.0654 e. The first-order chi connectivity index (χ1) is 36.1. The number of hydrogen-bond acceptors (Lipinski definition) is 0. The molecule has 0 N–H and O–H groups in total. The third-order valence-electron chi connectivity index (χ3n) is 24.5. The van der Waals surface area contributed by atoms with Crippen molar-refractivity contribution in [1.82, 2.24) is 0 Å². The molecule has 0 aromatic carbocycles. The monoisotopic (exact) mass is 1080 g/mol. The van der Waals surface area contributed by atoms with E-state index in [2.05, 4.69) is 159 Å². The van der Waals surface area contributed by atoms with E-state index in [0.717, 1.165) is 87.8 Å². The fourth-order valence-electron chi connectivity index (χ4n) is 13.9. The van der Waals surface area contributed by atoms with Crippen LogP contribution in [0.2, 0.25) is 0 Å². The summed E-state index contributed by atoms with van der Waals surface area (Å²) in [6, 6.07) is 0. The third-order valence-corrected chi connectivity index (χ3v) is 24.5. The molecule has 0 bridgehead atoms. The molecule has 0 spiro atoms. The van der Waals surface area contributed by atoms with Gasteiger partial charge in [0.05, 0.1) is 0 Å². The van der Waals surface area contributed by atoms with Gasteiger partial charge in [0.15, 0.2) is 0 Å². The fourth-order valence-corrected chi connectivity index (χ4v) is 13.9. The number of hydrogen-bond donors (Lipinski definition) is 0. The average Bonchev–Trinajstić information content (AvgIpc) is 3.86. The molecule has 0 saturated heterocycles. The molecular weight excluding hydrogens is 925 g/mol. The highest BCUT2D eigenvalue weighted by atomic mass is 14.4. The van der Waals surface area contributed by atoms with Crippen molar-refractivity contribution in [3.8, 4) is 0 Å². The Labute approximate surface area is 491 Å². The smallest absolute Gasteiger partial charge is 0.0328 e. The van der Waals surface area contributed by atoms with Crippen LogP contribution in [0.3, 0.4) is 0 Å². The molecule has 11 fully saturated rings. The van der Waals surface area contributed by atoms with Crippen LogP contribution in [0.15, 0.2) is 0 Å². The van der Waals surface area contributed by atoms with Gasteiger partial charge in [-0.25, -0.2) is 0 Å². The highest BCUT2D eigenvalue weighted by Crippen LogP contribution is 2.47. The van der Waals surface area contributed by atoms with E-state index in [-0.39, 0.29) is 0 Å². The summed E-state index contributed by atoms with van der Waals surface area (Å²) in [4.78, 5) is 0. The van der Waals surface area contributed by atoms with Crippen molar-refractivity contribution >= 4 is 0 Å². The van der Waals surface area contributed by atoms with E-state index in [0.29, 0.717) is 16.2 Å². The maximum atomic E-state index is 2.39. The van der Waals surface area contributed by atoms with Gasteiger partial charge in [-0.05, 0) is 194 Å². The maximum Gasteiger partial charge on any atom is -0.0328 e. The molecule has 0 aromatic rings. The highest BCUT2D eigenvalue weighted by Gasteiger charge is 2.36. The zero-order valence-corrected chi connectivity index (χ0v) is 58.5. The van der Waals surface area contributed by atoms with Crippen LogP contribution < -0.4 is 0 Å². The molecule has 11 aliphatic rings. The zero-order valence-electron chi connectivity index (χ0n) is 58.5. The standard InChI is InChI=1S/11C7H14/c1-6-4-7(2,3)5-6;2*1-6-4-5-7(6,2)3;1-6(2)7-4-3-5-7;1-3-7-4-6(2)5-7;2*1-3-7(2)5-4-6-7;2*1-3-7-5-4-6(7)2;1-2-7-5-3-4-6-7;1-2-4-7-5-3-6-7/h3*6H,4-5H2,1-3H3;2*6-7H,3-5H2,1-2H3;2*3-6H2,1-2H3;2*6-7H,3-5H2,1-2H3;2*7H,2-6H2,1H3/t;6-;;;;;;6-,7?;;;/m.0.....0.../s1. The molecular formula is C77H154. The van der Waals surface area contributed by atoms with Gasteiger partial charge < -0.3 is 0 Å². The molecule has 0 radical (unpaired) electrons. The van der Waals surface area contributed by atoms with E-state index in [4.69, 9.17) is 0 Å². The van der Waals surface area contributed by atoms with Crippen molar-refractivity contribution in [2.24, 2.45) is 104 Å². The van der Waals surface area contributed by atoms with E-state index in [1.54, 1.807) is 0 Å². The molecule has 11 rings (SSSR count). The van der Waals surface area contributed by atoms with Crippen molar-refractivity contribution in [3.63, 3.8) is 0 Å². The molecule has 0 nitrogen and oxygen atoms in total. The quantitative estimate of drug-likeness (QED) is 0.216. The van der Waals surface area contributed by atoms with Gasteiger partial charge in [-0.3, -0.25) is 0 Å². The predicted octanol–water partition coefficient (Wildman–Crippen LogP) is 27.4. The molecule has 77 heavy (non-hydrogen) atoms. The Hall–Kier alpha value is 0. The van der Waals surface area contributed by atoms with Gasteiger partial charge >= 0.3 is 0 Å². The second-order valence-electron chi connectivity index (χ2n) is 32.9. The topological polar surface area (TPSA) is 0 Å². The summed E-state index contributed by atoms with van der Waals surface area (Å²) < 4.78 is 0. The van der Waals surface area contributed by atoms with Gasteiger partial charge in [0, 0.05) is 0 Å². The lowest BCUT2D eigenvalue weighted by molar-refractivity contribution is 0.0891. The minimum absolute atomic E-state index is 0.681. The van der Waals surface area contributed by atoms with E-state index in [9.17, 15) is 0 Å². The summed E-state index contributed by atoms with van der Waals surface area (Å²) in [7, 11) is 0. The van der Waals surface area contributed by atoms with Crippen LogP contribution in [-0.2, 0) is 0 Å². The van der Waals surface area contributed by atoms with Crippen LogP contribution in [0.1, 0.15) is 390 Å². The first-order valence-electron chi connectivity index (χ1n) is 36.1. The Balaban J connectivity index is 0.000000423. The van der Waals surface area contributed by atoms with Crippen molar-refractivity contribution in [2.45, 2.75) is 390 Å². The molecule has 0 heteroatoms. The number of rotatable bonds is 9. The van der Waals surface area contributed by atoms with Gasteiger partial charge in [-0.2, -0.15) is 0 Å². The van der Waals surface area contributed by atoms with Gasteiger partial charge in [-0.15, -0.1) is 0 Å². The molecule has 0 aromatic heterocycles. The van der Waals surface area contributed by atoms with Crippen molar-refractivity contribution < 1.29 is 0 Å². The molecule has 6 atom stereocenters. The van der Waals surface area contributed by atoms with Crippen LogP contribution in [0.5, 0.6) is 0 Å². The SMILES string of the molecule is CC(C)C1CCC1.CC1CC(C)(C)C1.CC1CCC1(C)C.CCC1(C)CCC1.CCC1(C)CCC1.CCC1CC(C)C1.CCC1CCC1C.CCC1CCCC1.CCC1CC[C@@H]1C.CCCC1CCC1.C[C@H]1CCC1(C)C. The molecule has 462 valence electrons. The first-order valence-corrected chi connectivity index (χ1v) is 36.1. The fraction of sp³-hybridized carbons (Fsp3) is 1.00. The van der Waals surface area contributed by atoms with E-state index in [1.807, 2.05) is 0 Å². The van der Waals surface area contributed by atoms with Crippen LogP contribution in [0, 0.1) is 104 Å². The summed E-state index contributed by atoms with van der Waals surface area (Å²) in [5, 5.41) is 0. The normalized spacial score (nSPS) is 31.5. The maximum absolute atomic E-state index is 2.39. The third kappa shape index (κ3) is 30.9. The summed E-state index contributed by atoms with van der Waals surface area (Å²) in [5.41, 5.74) is 3.58. The van der Waals surface area contributed by atoms with Crippen LogP contribution in [-0.4, -0.2) is 0 Å². The summed E-state index contributed by atoms with van der Waals surface area (Å²) in [5.74, 6) is 13.6. The lowest BCUT2D eigenvalue weighted by Gasteiger charge is -2.42. The van der Waals surface area contributed by atoms with Gasteiger partial charge in [-0.1, -0.05) is 301 Å². The summed E-state index contributed by atoms with van der Waals surface area (Å²) in [6.07, 6.45) is 52.8.